The van der Waals surface area contributed by atoms with E-state index in [4.69, 9.17) is 5.41 Å². The maximum Gasteiger partial charge on any atom is 0.220 e. The average Bonchev–Trinajstić information content (AvgIpc) is 3.34. The van der Waals surface area contributed by atoms with E-state index in [0.717, 1.165) is 49.5 Å². The standard InChI is InChI=1S/C27H40N4O/c28-26-20-19-25(24-16-8-7-9-17-24)30-31(26)21-13-6-4-2-1-3-5-10-18-27(32)29-22-23-14-11-12-15-23/h7-9,16-17,19-20,23,28H,1-6,10-15,18,21-22H2,(H,29,32). The van der Waals surface area contributed by atoms with Crippen molar-refractivity contribution in [3.63, 3.8) is 0 Å². The fourth-order valence-electron chi connectivity index (χ4n) is 4.56. The van der Waals surface area contributed by atoms with Crippen LogP contribution in [0.4, 0.5) is 0 Å². The number of unbranched alkanes of at least 4 members (excludes halogenated alkanes) is 7. The first-order chi connectivity index (χ1) is 15.7. The lowest BCUT2D eigenvalue weighted by Gasteiger charge is -2.10. The number of nitrogens with zero attached hydrogens (tertiary/aromatic N) is 2. The van der Waals surface area contributed by atoms with Crippen LogP contribution in [0.3, 0.4) is 0 Å². The molecule has 1 heterocycles. The molecule has 1 aliphatic rings. The van der Waals surface area contributed by atoms with Crippen molar-refractivity contribution in [3.8, 4) is 11.3 Å². The zero-order valence-electron chi connectivity index (χ0n) is 19.5. The third-order valence-electron chi connectivity index (χ3n) is 6.56. The topological polar surface area (TPSA) is 70.8 Å². The highest BCUT2D eigenvalue weighted by Crippen LogP contribution is 2.23. The molecular weight excluding hydrogens is 396 g/mol. The summed E-state index contributed by atoms with van der Waals surface area (Å²) in [5.41, 5.74) is 2.48. The summed E-state index contributed by atoms with van der Waals surface area (Å²) in [6.07, 6.45) is 15.3. The Bertz CT molecular complexity index is 855. The maximum atomic E-state index is 11.9. The quantitative estimate of drug-likeness (QED) is 0.365. The predicted molar refractivity (Wildman–Crippen MR) is 130 cm³/mol. The molecule has 1 aliphatic carbocycles. The van der Waals surface area contributed by atoms with Crippen molar-refractivity contribution in [2.75, 3.05) is 6.54 Å². The molecule has 0 saturated heterocycles. The van der Waals surface area contributed by atoms with E-state index in [-0.39, 0.29) is 5.91 Å². The van der Waals surface area contributed by atoms with E-state index in [1.165, 1.54) is 57.8 Å². The first-order valence-electron chi connectivity index (χ1n) is 12.7. The van der Waals surface area contributed by atoms with Gasteiger partial charge in [-0.2, -0.15) is 5.10 Å². The number of benzene rings is 1. The minimum Gasteiger partial charge on any atom is -0.356 e. The van der Waals surface area contributed by atoms with E-state index < -0.39 is 0 Å². The van der Waals surface area contributed by atoms with Crippen LogP contribution in [0.5, 0.6) is 0 Å². The molecule has 0 unspecified atom stereocenters. The number of rotatable bonds is 14. The van der Waals surface area contributed by atoms with Crippen molar-refractivity contribution in [2.24, 2.45) is 5.92 Å². The van der Waals surface area contributed by atoms with Gasteiger partial charge < -0.3 is 5.32 Å². The minimum absolute atomic E-state index is 0.244. The van der Waals surface area contributed by atoms with Gasteiger partial charge in [0.15, 0.2) is 0 Å². The van der Waals surface area contributed by atoms with E-state index in [1.54, 1.807) is 0 Å². The summed E-state index contributed by atoms with van der Waals surface area (Å²) >= 11 is 0. The predicted octanol–water partition coefficient (Wildman–Crippen LogP) is 5.85. The minimum atomic E-state index is 0.244. The highest BCUT2D eigenvalue weighted by atomic mass is 16.1. The van der Waals surface area contributed by atoms with Crippen LogP contribution in [-0.4, -0.2) is 22.2 Å². The smallest absolute Gasteiger partial charge is 0.220 e. The van der Waals surface area contributed by atoms with Crippen LogP contribution in [-0.2, 0) is 11.3 Å². The van der Waals surface area contributed by atoms with Crippen LogP contribution in [0.15, 0.2) is 42.5 Å². The summed E-state index contributed by atoms with van der Waals surface area (Å²) in [4.78, 5) is 11.9. The zero-order chi connectivity index (χ0) is 22.4. The second-order valence-corrected chi connectivity index (χ2v) is 9.23. The van der Waals surface area contributed by atoms with Gasteiger partial charge in [0, 0.05) is 25.1 Å². The van der Waals surface area contributed by atoms with Gasteiger partial charge in [-0.25, -0.2) is 4.68 Å². The summed E-state index contributed by atoms with van der Waals surface area (Å²) in [5.74, 6) is 0.974. The molecular formula is C27H40N4O. The maximum absolute atomic E-state index is 11.9. The van der Waals surface area contributed by atoms with E-state index in [0.29, 0.717) is 11.9 Å². The van der Waals surface area contributed by atoms with Crippen LogP contribution >= 0.6 is 0 Å². The van der Waals surface area contributed by atoms with Gasteiger partial charge in [-0.3, -0.25) is 10.2 Å². The first kappa shape index (κ1) is 24.2. The van der Waals surface area contributed by atoms with Crippen molar-refractivity contribution in [3.05, 3.63) is 48.0 Å². The second kappa shape index (κ2) is 13.9. The molecule has 1 fully saturated rings. The van der Waals surface area contributed by atoms with Crippen molar-refractivity contribution >= 4 is 5.91 Å². The molecule has 1 aromatic heterocycles. The van der Waals surface area contributed by atoms with E-state index in [9.17, 15) is 4.79 Å². The summed E-state index contributed by atoms with van der Waals surface area (Å²) in [6.45, 7) is 1.69. The summed E-state index contributed by atoms with van der Waals surface area (Å²) in [6, 6.07) is 13.9. The number of carbonyl (C=O) groups is 1. The van der Waals surface area contributed by atoms with Crippen LogP contribution < -0.4 is 10.8 Å². The van der Waals surface area contributed by atoms with Crippen LogP contribution in [0.25, 0.3) is 11.3 Å². The molecule has 1 amide bonds. The molecule has 1 aromatic carbocycles. The van der Waals surface area contributed by atoms with Crippen LogP contribution in [0.2, 0.25) is 0 Å². The number of hydrogen-bond acceptors (Lipinski definition) is 3. The number of aryl methyl sites for hydroxylation is 1. The summed E-state index contributed by atoms with van der Waals surface area (Å²) in [7, 11) is 0. The molecule has 32 heavy (non-hydrogen) atoms. The summed E-state index contributed by atoms with van der Waals surface area (Å²) < 4.78 is 1.82. The highest BCUT2D eigenvalue weighted by molar-refractivity contribution is 5.75. The van der Waals surface area contributed by atoms with Gasteiger partial charge in [0.2, 0.25) is 5.91 Å². The molecule has 174 valence electrons. The van der Waals surface area contributed by atoms with Crippen molar-refractivity contribution in [1.82, 2.24) is 15.1 Å². The van der Waals surface area contributed by atoms with Crippen molar-refractivity contribution in [2.45, 2.75) is 90.0 Å². The summed E-state index contributed by atoms with van der Waals surface area (Å²) in [5, 5.41) is 15.9. The van der Waals surface area contributed by atoms with Gasteiger partial charge in [0.25, 0.3) is 0 Å². The Morgan fingerprint density at radius 2 is 1.56 bits per heavy atom. The molecule has 5 nitrogen and oxygen atoms in total. The molecule has 2 N–H and O–H groups in total. The first-order valence-corrected chi connectivity index (χ1v) is 12.7. The van der Waals surface area contributed by atoms with Gasteiger partial charge >= 0.3 is 0 Å². The van der Waals surface area contributed by atoms with Gasteiger partial charge in [0.05, 0.1) is 5.69 Å². The van der Waals surface area contributed by atoms with Gasteiger partial charge in [0.1, 0.15) is 5.49 Å². The van der Waals surface area contributed by atoms with E-state index in [1.807, 2.05) is 35.0 Å². The Morgan fingerprint density at radius 3 is 2.28 bits per heavy atom. The number of nitrogens with one attached hydrogen (secondary N) is 2. The third-order valence-corrected chi connectivity index (χ3v) is 6.56. The Morgan fingerprint density at radius 1 is 0.906 bits per heavy atom. The van der Waals surface area contributed by atoms with Crippen LogP contribution in [0.1, 0.15) is 83.5 Å². The molecule has 3 rings (SSSR count). The molecule has 0 aliphatic heterocycles. The number of amides is 1. The van der Waals surface area contributed by atoms with E-state index >= 15 is 0 Å². The lowest BCUT2D eigenvalue weighted by atomic mass is 10.1. The molecule has 5 heteroatoms. The Balaban J connectivity index is 1.19. The lowest BCUT2D eigenvalue weighted by molar-refractivity contribution is -0.121. The fourth-order valence-corrected chi connectivity index (χ4v) is 4.56. The second-order valence-electron chi connectivity index (χ2n) is 9.23. The Kier molecular flexibility index (Phi) is 10.5. The molecule has 0 bridgehead atoms. The molecule has 2 aromatic rings. The number of carbonyl (C=O) groups excluding carboxylic acids is 1. The molecule has 0 atom stereocenters. The SMILES string of the molecule is N=c1ccc(-c2ccccc2)nn1CCCCCCCCCCC(=O)NCC1CCCC1. The highest BCUT2D eigenvalue weighted by Gasteiger charge is 2.15. The normalized spacial score (nSPS) is 14.0. The fraction of sp³-hybridized carbons (Fsp3) is 0.593. The van der Waals surface area contributed by atoms with E-state index in [2.05, 4.69) is 22.5 Å². The van der Waals surface area contributed by atoms with Crippen LogP contribution in [0, 0.1) is 11.3 Å². The van der Waals surface area contributed by atoms with Crippen molar-refractivity contribution < 1.29 is 4.79 Å². The monoisotopic (exact) mass is 436 g/mol. The molecule has 0 radical (unpaired) electrons. The van der Waals surface area contributed by atoms with Gasteiger partial charge in [-0.05, 0) is 43.7 Å². The third kappa shape index (κ3) is 8.60. The average molecular weight is 437 g/mol. The largest absolute Gasteiger partial charge is 0.356 e. The number of hydrogen-bond donors (Lipinski definition) is 2. The molecule has 0 spiro atoms. The number of aromatic nitrogens is 2. The molecule has 1 saturated carbocycles. The zero-order valence-corrected chi connectivity index (χ0v) is 19.5. The Hall–Kier alpha value is -2.43. The lowest BCUT2D eigenvalue weighted by Crippen LogP contribution is -2.27. The Labute approximate surface area is 193 Å². The van der Waals surface area contributed by atoms with Crippen molar-refractivity contribution in [1.29, 1.82) is 5.41 Å². The van der Waals surface area contributed by atoms with Gasteiger partial charge in [-0.15, -0.1) is 0 Å². The van der Waals surface area contributed by atoms with Gasteiger partial charge in [-0.1, -0.05) is 81.7 Å².